The number of nitrogens with zero attached hydrogens (tertiary/aromatic N) is 2. The van der Waals surface area contributed by atoms with Gasteiger partial charge in [-0.25, -0.2) is 0 Å². The number of nitrogens with one attached hydrogen (secondary N) is 1. The number of aryl methyl sites for hydroxylation is 1. The molecule has 2 rings (SSSR count). The average Bonchev–Trinajstić information content (AvgIpc) is 2.56. The highest BCUT2D eigenvalue weighted by Crippen LogP contribution is 2.24. The first-order valence-electron chi connectivity index (χ1n) is 5.44. The zero-order chi connectivity index (χ0) is 10.7. The van der Waals surface area contributed by atoms with Crippen molar-refractivity contribution in [3.05, 3.63) is 18.0 Å². The Morgan fingerprint density at radius 1 is 1.60 bits per heavy atom. The van der Waals surface area contributed by atoms with Crippen LogP contribution in [0.15, 0.2) is 12.4 Å². The van der Waals surface area contributed by atoms with Gasteiger partial charge in [-0.1, -0.05) is 6.92 Å². The van der Waals surface area contributed by atoms with Gasteiger partial charge in [0.1, 0.15) is 0 Å². The number of ether oxygens (including phenoxy) is 1. The van der Waals surface area contributed by atoms with Gasteiger partial charge in [0.05, 0.1) is 19.4 Å². The van der Waals surface area contributed by atoms with E-state index in [1.54, 1.807) is 0 Å². The third kappa shape index (κ3) is 2.79. The summed E-state index contributed by atoms with van der Waals surface area (Å²) in [6, 6.07) is 0. The van der Waals surface area contributed by atoms with Gasteiger partial charge in [-0.2, -0.15) is 5.10 Å². The zero-order valence-electron chi connectivity index (χ0n) is 9.49. The second-order valence-electron chi connectivity index (χ2n) is 4.75. The minimum Gasteiger partial charge on any atom is -0.380 e. The SMILES string of the molecule is Cn1cc(CCNCC2(C)COC2)cn1. The van der Waals surface area contributed by atoms with E-state index < -0.39 is 0 Å². The van der Waals surface area contributed by atoms with Crippen molar-refractivity contribution < 1.29 is 4.74 Å². The molecular formula is C11H19N3O. The van der Waals surface area contributed by atoms with E-state index in [0.29, 0.717) is 5.41 Å². The summed E-state index contributed by atoms with van der Waals surface area (Å²) in [7, 11) is 1.95. The molecule has 1 N–H and O–H groups in total. The summed E-state index contributed by atoms with van der Waals surface area (Å²) >= 11 is 0. The van der Waals surface area contributed by atoms with Crippen LogP contribution in [0.3, 0.4) is 0 Å². The molecule has 84 valence electrons. The van der Waals surface area contributed by atoms with Crippen LogP contribution in [0.25, 0.3) is 0 Å². The Kier molecular flexibility index (Phi) is 3.07. The smallest absolute Gasteiger partial charge is 0.0554 e. The fraction of sp³-hybridized carbons (Fsp3) is 0.727. The summed E-state index contributed by atoms with van der Waals surface area (Å²) in [5.74, 6) is 0. The predicted molar refractivity (Wildman–Crippen MR) is 58.7 cm³/mol. The van der Waals surface area contributed by atoms with Crippen molar-refractivity contribution in [3.63, 3.8) is 0 Å². The van der Waals surface area contributed by atoms with Crippen LogP contribution in [0, 0.1) is 5.41 Å². The molecular weight excluding hydrogens is 190 g/mol. The van der Waals surface area contributed by atoms with Gasteiger partial charge in [-0.05, 0) is 18.5 Å². The molecule has 4 nitrogen and oxygen atoms in total. The molecule has 0 aromatic carbocycles. The van der Waals surface area contributed by atoms with Crippen LogP contribution in [-0.2, 0) is 18.2 Å². The molecule has 0 unspecified atom stereocenters. The summed E-state index contributed by atoms with van der Waals surface area (Å²) in [6.07, 6.45) is 5.04. The maximum atomic E-state index is 5.20. The number of hydrogen-bond acceptors (Lipinski definition) is 3. The molecule has 0 bridgehead atoms. The average molecular weight is 209 g/mol. The fourth-order valence-corrected chi connectivity index (χ4v) is 1.78. The molecule has 0 amide bonds. The lowest BCUT2D eigenvalue weighted by atomic mass is 9.89. The molecule has 4 heteroatoms. The van der Waals surface area contributed by atoms with Gasteiger partial charge in [0.15, 0.2) is 0 Å². The van der Waals surface area contributed by atoms with Gasteiger partial charge < -0.3 is 10.1 Å². The van der Waals surface area contributed by atoms with Crippen LogP contribution < -0.4 is 5.32 Å². The fourth-order valence-electron chi connectivity index (χ4n) is 1.78. The second-order valence-corrected chi connectivity index (χ2v) is 4.75. The lowest BCUT2D eigenvalue weighted by Crippen LogP contribution is -2.47. The van der Waals surface area contributed by atoms with E-state index in [1.165, 1.54) is 5.56 Å². The Balaban J connectivity index is 1.63. The molecule has 2 heterocycles. The molecule has 0 saturated carbocycles. The summed E-state index contributed by atoms with van der Waals surface area (Å²) in [6.45, 7) is 6.11. The third-order valence-electron chi connectivity index (χ3n) is 2.80. The Bertz CT molecular complexity index is 317. The molecule has 1 fully saturated rings. The van der Waals surface area contributed by atoms with Crippen LogP contribution in [0.1, 0.15) is 12.5 Å². The van der Waals surface area contributed by atoms with Crippen LogP contribution in [-0.4, -0.2) is 36.1 Å². The lowest BCUT2D eigenvalue weighted by molar-refractivity contribution is -0.0988. The predicted octanol–water partition coefficient (Wildman–Crippen LogP) is 0.589. The van der Waals surface area contributed by atoms with Crippen LogP contribution in [0.5, 0.6) is 0 Å². The normalized spacial score (nSPS) is 18.8. The summed E-state index contributed by atoms with van der Waals surface area (Å²) in [4.78, 5) is 0. The number of rotatable bonds is 5. The van der Waals surface area contributed by atoms with Crippen molar-refractivity contribution in [3.8, 4) is 0 Å². The Hall–Kier alpha value is -0.870. The summed E-state index contributed by atoms with van der Waals surface area (Å²) in [5, 5.41) is 7.61. The van der Waals surface area contributed by atoms with Crippen molar-refractivity contribution in [1.29, 1.82) is 0 Å². The minimum absolute atomic E-state index is 0.370. The maximum absolute atomic E-state index is 5.20. The Morgan fingerprint density at radius 2 is 2.40 bits per heavy atom. The maximum Gasteiger partial charge on any atom is 0.0554 e. The monoisotopic (exact) mass is 209 g/mol. The molecule has 1 saturated heterocycles. The van der Waals surface area contributed by atoms with Crippen molar-refractivity contribution >= 4 is 0 Å². The molecule has 1 aromatic rings. The molecule has 0 atom stereocenters. The first-order valence-corrected chi connectivity index (χ1v) is 5.44. The van der Waals surface area contributed by atoms with E-state index in [0.717, 1.165) is 32.7 Å². The standard InChI is InChI=1S/C11H19N3O/c1-11(8-15-9-11)7-12-4-3-10-5-13-14(2)6-10/h5-6,12H,3-4,7-9H2,1-2H3. The first kappa shape index (κ1) is 10.6. The van der Waals surface area contributed by atoms with Gasteiger partial charge >= 0.3 is 0 Å². The molecule has 0 radical (unpaired) electrons. The van der Waals surface area contributed by atoms with Crippen molar-refractivity contribution in [2.24, 2.45) is 12.5 Å². The van der Waals surface area contributed by atoms with Crippen molar-refractivity contribution in [2.75, 3.05) is 26.3 Å². The lowest BCUT2D eigenvalue weighted by Gasteiger charge is -2.38. The van der Waals surface area contributed by atoms with E-state index in [1.807, 2.05) is 17.9 Å². The first-order chi connectivity index (χ1) is 7.18. The van der Waals surface area contributed by atoms with Gasteiger partial charge in [0, 0.05) is 25.2 Å². The van der Waals surface area contributed by atoms with E-state index in [4.69, 9.17) is 4.74 Å². The van der Waals surface area contributed by atoms with Crippen LogP contribution >= 0.6 is 0 Å². The van der Waals surface area contributed by atoms with Gasteiger partial charge in [0.2, 0.25) is 0 Å². The summed E-state index contributed by atoms with van der Waals surface area (Å²) in [5.41, 5.74) is 1.66. The Morgan fingerprint density at radius 3 is 2.93 bits per heavy atom. The Labute approximate surface area is 90.6 Å². The molecule has 1 aromatic heterocycles. The topological polar surface area (TPSA) is 39.1 Å². The highest BCUT2D eigenvalue weighted by molar-refractivity contribution is 5.03. The molecule has 0 aliphatic carbocycles. The van der Waals surface area contributed by atoms with Gasteiger partial charge in [-0.3, -0.25) is 4.68 Å². The number of aromatic nitrogens is 2. The summed E-state index contributed by atoms with van der Waals surface area (Å²) < 4.78 is 7.05. The van der Waals surface area contributed by atoms with E-state index in [9.17, 15) is 0 Å². The van der Waals surface area contributed by atoms with Crippen LogP contribution in [0.4, 0.5) is 0 Å². The van der Waals surface area contributed by atoms with E-state index in [2.05, 4.69) is 23.5 Å². The number of hydrogen-bond donors (Lipinski definition) is 1. The van der Waals surface area contributed by atoms with E-state index in [-0.39, 0.29) is 0 Å². The quantitative estimate of drug-likeness (QED) is 0.721. The van der Waals surface area contributed by atoms with Gasteiger partial charge in [0.25, 0.3) is 0 Å². The van der Waals surface area contributed by atoms with Crippen molar-refractivity contribution in [1.82, 2.24) is 15.1 Å². The van der Waals surface area contributed by atoms with E-state index >= 15 is 0 Å². The van der Waals surface area contributed by atoms with Crippen molar-refractivity contribution in [2.45, 2.75) is 13.3 Å². The molecule has 1 aliphatic heterocycles. The highest BCUT2D eigenvalue weighted by Gasteiger charge is 2.32. The van der Waals surface area contributed by atoms with Gasteiger partial charge in [-0.15, -0.1) is 0 Å². The minimum atomic E-state index is 0.370. The molecule has 1 aliphatic rings. The third-order valence-corrected chi connectivity index (χ3v) is 2.80. The largest absolute Gasteiger partial charge is 0.380 e. The van der Waals surface area contributed by atoms with Crippen LogP contribution in [0.2, 0.25) is 0 Å². The highest BCUT2D eigenvalue weighted by atomic mass is 16.5. The zero-order valence-corrected chi connectivity index (χ0v) is 9.49. The molecule has 0 spiro atoms. The molecule has 15 heavy (non-hydrogen) atoms. The second kappa shape index (κ2) is 4.33.